The van der Waals surface area contributed by atoms with Crippen LogP contribution in [-0.2, 0) is 14.9 Å². The maximum atomic E-state index is 12.2. The Balaban J connectivity index is 1.77. The largest absolute Gasteiger partial charge is 0.379 e. The first-order chi connectivity index (χ1) is 11.9. The maximum Gasteiger partial charge on any atom is 0.339 e. The lowest BCUT2D eigenvalue weighted by Crippen LogP contribution is -2.22. The average Bonchev–Trinajstić information content (AvgIpc) is 2.84. The van der Waals surface area contributed by atoms with Gasteiger partial charge in [-0.1, -0.05) is 54.3 Å². The second-order valence-corrected chi connectivity index (χ2v) is 8.38. The fraction of sp³-hybridized carbons (Fsp3) is 0.0588. The molecule has 1 saturated heterocycles. The Bertz CT molecular complexity index is 951. The van der Waals surface area contributed by atoms with Crippen molar-refractivity contribution in [3.63, 3.8) is 0 Å². The first kappa shape index (κ1) is 17.7. The number of rotatable bonds is 4. The minimum Gasteiger partial charge on any atom is -0.379 e. The molecule has 128 valence electrons. The van der Waals surface area contributed by atoms with Gasteiger partial charge in [0.2, 0.25) is 0 Å². The van der Waals surface area contributed by atoms with E-state index in [2.05, 4.69) is 0 Å². The third-order valence-electron chi connectivity index (χ3n) is 3.40. The first-order valence-corrected chi connectivity index (χ1v) is 9.81. The Morgan fingerprint density at radius 2 is 1.72 bits per heavy atom. The van der Waals surface area contributed by atoms with E-state index in [-0.39, 0.29) is 16.6 Å². The zero-order valence-electron chi connectivity index (χ0n) is 13.1. The number of benzene rings is 2. The van der Waals surface area contributed by atoms with E-state index < -0.39 is 10.1 Å². The van der Waals surface area contributed by atoms with Gasteiger partial charge in [-0.05, 0) is 35.9 Å². The molecule has 0 aliphatic carbocycles. The third-order valence-corrected chi connectivity index (χ3v) is 6.15. The van der Waals surface area contributed by atoms with E-state index >= 15 is 0 Å². The van der Waals surface area contributed by atoms with Crippen LogP contribution in [0.2, 0.25) is 0 Å². The van der Waals surface area contributed by atoms with E-state index in [0.717, 1.165) is 5.56 Å². The van der Waals surface area contributed by atoms with Crippen molar-refractivity contribution in [1.29, 1.82) is 0 Å². The van der Waals surface area contributed by atoms with Crippen LogP contribution in [0.3, 0.4) is 0 Å². The molecule has 0 spiro atoms. The summed E-state index contributed by atoms with van der Waals surface area (Å²) in [7, 11) is -2.24. The molecule has 1 heterocycles. The summed E-state index contributed by atoms with van der Waals surface area (Å²) in [5.74, 6) is 0.0472. The van der Waals surface area contributed by atoms with Gasteiger partial charge in [-0.3, -0.25) is 9.69 Å². The topological polar surface area (TPSA) is 63.7 Å². The highest BCUT2D eigenvalue weighted by molar-refractivity contribution is 8.26. The summed E-state index contributed by atoms with van der Waals surface area (Å²) in [6.45, 7) is 0. The molecule has 2 aromatic carbocycles. The van der Waals surface area contributed by atoms with Crippen molar-refractivity contribution >= 4 is 50.4 Å². The molecule has 3 rings (SSSR count). The zero-order valence-corrected chi connectivity index (χ0v) is 15.5. The van der Waals surface area contributed by atoms with E-state index in [9.17, 15) is 13.2 Å². The molecule has 8 heteroatoms. The van der Waals surface area contributed by atoms with Gasteiger partial charge in [-0.15, -0.1) is 0 Å². The molecule has 1 aliphatic heterocycles. The summed E-state index contributed by atoms with van der Waals surface area (Å²) in [6, 6.07) is 14.4. The number of carbonyl (C=O) groups excluding carboxylic acids is 1. The van der Waals surface area contributed by atoms with Crippen molar-refractivity contribution in [1.82, 2.24) is 4.90 Å². The van der Waals surface area contributed by atoms with Gasteiger partial charge in [0, 0.05) is 7.05 Å². The van der Waals surface area contributed by atoms with Crippen LogP contribution >= 0.6 is 24.0 Å². The predicted molar refractivity (Wildman–Crippen MR) is 102 cm³/mol. The van der Waals surface area contributed by atoms with Crippen LogP contribution < -0.4 is 4.18 Å². The molecule has 2 aromatic rings. The van der Waals surface area contributed by atoms with Crippen LogP contribution in [0.15, 0.2) is 64.4 Å². The Morgan fingerprint density at radius 1 is 1.08 bits per heavy atom. The number of amides is 1. The standard InChI is InChI=1S/C17H13NO4S3/c1-18-16(19)15(24-17(18)23)11-12-7-9-13(10-8-12)22-25(20,21)14-5-3-2-4-6-14/h2-11H,1H3/b15-11-. The molecule has 1 fully saturated rings. The van der Waals surface area contributed by atoms with Gasteiger partial charge in [0.05, 0.1) is 4.91 Å². The molecular weight excluding hydrogens is 378 g/mol. The smallest absolute Gasteiger partial charge is 0.339 e. The fourth-order valence-electron chi connectivity index (χ4n) is 2.08. The quantitative estimate of drug-likeness (QED) is 0.453. The number of hydrogen-bond acceptors (Lipinski definition) is 6. The van der Waals surface area contributed by atoms with Gasteiger partial charge in [0.25, 0.3) is 5.91 Å². The number of likely N-dealkylation sites (N-methyl/N-ethyl adjacent to an activating group) is 1. The maximum absolute atomic E-state index is 12.2. The molecule has 25 heavy (non-hydrogen) atoms. The van der Waals surface area contributed by atoms with Crippen LogP contribution in [0.4, 0.5) is 0 Å². The highest BCUT2D eigenvalue weighted by atomic mass is 32.2. The minimum absolute atomic E-state index is 0.0886. The lowest BCUT2D eigenvalue weighted by molar-refractivity contribution is -0.121. The first-order valence-electron chi connectivity index (χ1n) is 7.18. The molecule has 0 aromatic heterocycles. The Kier molecular flexibility index (Phi) is 4.94. The second kappa shape index (κ2) is 6.99. The van der Waals surface area contributed by atoms with Gasteiger partial charge in [-0.25, -0.2) is 0 Å². The summed E-state index contributed by atoms with van der Waals surface area (Å²) < 4.78 is 30.0. The summed E-state index contributed by atoms with van der Waals surface area (Å²) in [5, 5.41) is 0. The number of carbonyl (C=O) groups is 1. The number of hydrogen-bond donors (Lipinski definition) is 0. The van der Waals surface area contributed by atoms with Gasteiger partial charge in [-0.2, -0.15) is 8.42 Å². The molecule has 0 bridgehead atoms. The van der Waals surface area contributed by atoms with Crippen LogP contribution in [0.1, 0.15) is 5.56 Å². The van der Waals surface area contributed by atoms with Gasteiger partial charge < -0.3 is 4.18 Å². The summed E-state index contributed by atoms with van der Waals surface area (Å²) in [6.07, 6.45) is 1.71. The summed E-state index contributed by atoms with van der Waals surface area (Å²) in [5.41, 5.74) is 0.749. The molecular formula is C17H13NO4S3. The van der Waals surface area contributed by atoms with E-state index in [1.54, 1.807) is 55.6 Å². The fourth-order valence-corrected chi connectivity index (χ4v) is 4.21. The van der Waals surface area contributed by atoms with Crippen molar-refractivity contribution in [2.75, 3.05) is 7.05 Å². The van der Waals surface area contributed by atoms with Gasteiger partial charge in [0.1, 0.15) is 15.0 Å². The lowest BCUT2D eigenvalue weighted by atomic mass is 10.2. The Hall–Kier alpha value is -2.16. The van der Waals surface area contributed by atoms with Gasteiger partial charge >= 0.3 is 10.1 Å². The van der Waals surface area contributed by atoms with Crippen molar-refractivity contribution < 1.29 is 17.4 Å². The normalized spacial score (nSPS) is 16.5. The molecule has 0 atom stereocenters. The van der Waals surface area contributed by atoms with Crippen molar-refractivity contribution in [2.45, 2.75) is 4.90 Å². The number of nitrogens with zero attached hydrogens (tertiary/aromatic N) is 1. The summed E-state index contributed by atoms with van der Waals surface area (Å²) >= 11 is 6.31. The monoisotopic (exact) mass is 391 g/mol. The van der Waals surface area contributed by atoms with E-state index in [4.69, 9.17) is 16.4 Å². The molecule has 0 unspecified atom stereocenters. The molecule has 1 amide bonds. The molecule has 0 N–H and O–H groups in total. The van der Waals surface area contributed by atoms with E-state index in [1.165, 1.54) is 28.8 Å². The van der Waals surface area contributed by atoms with Crippen LogP contribution in [0.25, 0.3) is 6.08 Å². The van der Waals surface area contributed by atoms with E-state index in [1.807, 2.05) is 0 Å². The van der Waals surface area contributed by atoms with Crippen LogP contribution in [-0.4, -0.2) is 30.6 Å². The average molecular weight is 391 g/mol. The summed E-state index contributed by atoms with van der Waals surface area (Å²) in [4.78, 5) is 14.0. The SMILES string of the molecule is CN1C(=O)/C(=C/c2ccc(OS(=O)(=O)c3ccccc3)cc2)SC1=S. The third kappa shape index (κ3) is 3.92. The second-order valence-electron chi connectivity index (χ2n) is 5.16. The Labute approximate surface area is 155 Å². The number of thioether (sulfide) groups is 1. The molecule has 0 saturated carbocycles. The van der Waals surface area contributed by atoms with Crippen LogP contribution in [0.5, 0.6) is 5.75 Å². The van der Waals surface area contributed by atoms with Crippen molar-refractivity contribution in [3.8, 4) is 5.75 Å². The molecule has 5 nitrogen and oxygen atoms in total. The number of thiocarbonyl (C=S) groups is 1. The van der Waals surface area contributed by atoms with Gasteiger partial charge in [0.15, 0.2) is 0 Å². The highest BCUT2D eigenvalue weighted by Gasteiger charge is 2.28. The zero-order chi connectivity index (χ0) is 18.0. The highest BCUT2D eigenvalue weighted by Crippen LogP contribution is 2.31. The molecule has 0 radical (unpaired) electrons. The van der Waals surface area contributed by atoms with Crippen LogP contribution in [0, 0.1) is 0 Å². The van der Waals surface area contributed by atoms with E-state index in [0.29, 0.717) is 9.23 Å². The lowest BCUT2D eigenvalue weighted by Gasteiger charge is -2.07. The molecule has 1 aliphatic rings. The predicted octanol–water partition coefficient (Wildman–Crippen LogP) is 3.29. The minimum atomic E-state index is -3.87. The van der Waals surface area contributed by atoms with Crippen molar-refractivity contribution in [2.24, 2.45) is 0 Å². The Morgan fingerprint density at radius 3 is 2.28 bits per heavy atom. The van der Waals surface area contributed by atoms with Crippen molar-refractivity contribution in [3.05, 3.63) is 65.1 Å².